The Bertz CT molecular complexity index is 627. The van der Waals surface area contributed by atoms with Gasteiger partial charge in [0.1, 0.15) is 0 Å². The highest BCUT2D eigenvalue weighted by atomic mass is 35.5. The second-order valence-electron chi connectivity index (χ2n) is 3.97. The summed E-state index contributed by atoms with van der Waals surface area (Å²) in [5.74, 6) is 0.291. The monoisotopic (exact) mass is 291 g/mol. The molecule has 0 spiro atoms. The van der Waals surface area contributed by atoms with Crippen LogP contribution >= 0.6 is 11.6 Å². The van der Waals surface area contributed by atoms with Crippen molar-refractivity contribution in [3.63, 3.8) is 0 Å². The quantitative estimate of drug-likeness (QED) is 0.393. The molecule has 0 unspecified atom stereocenters. The van der Waals surface area contributed by atoms with Gasteiger partial charge in [-0.25, -0.2) is 4.98 Å². The van der Waals surface area contributed by atoms with E-state index in [1.165, 1.54) is 0 Å². The van der Waals surface area contributed by atoms with Crippen molar-refractivity contribution in [2.45, 2.75) is 6.92 Å². The number of hydrogen-bond donors (Lipinski definition) is 2. The lowest BCUT2D eigenvalue weighted by Crippen LogP contribution is -2.15. The van der Waals surface area contributed by atoms with Crippen LogP contribution in [0.25, 0.3) is 11.3 Å². The number of aromatic nitrogens is 1. The molecule has 0 radical (unpaired) electrons. The number of halogens is 1. The zero-order valence-corrected chi connectivity index (χ0v) is 11.6. The zero-order valence-electron chi connectivity index (χ0n) is 10.9. The Morgan fingerprint density at radius 2 is 2.00 bits per heavy atom. The van der Waals surface area contributed by atoms with Crippen LogP contribution in [0.2, 0.25) is 5.02 Å². The highest BCUT2D eigenvalue weighted by Crippen LogP contribution is 2.24. The van der Waals surface area contributed by atoms with Crippen molar-refractivity contribution < 1.29 is 9.94 Å². The highest BCUT2D eigenvalue weighted by molar-refractivity contribution is 6.30. The van der Waals surface area contributed by atoms with Gasteiger partial charge in [0.2, 0.25) is 5.88 Å². The Balaban J connectivity index is 2.46. The molecule has 20 heavy (non-hydrogen) atoms. The first-order valence-electron chi connectivity index (χ1n) is 6.03. The molecule has 1 aromatic carbocycles. The maximum absolute atomic E-state index is 8.76. The van der Waals surface area contributed by atoms with Gasteiger partial charge in [0.15, 0.2) is 5.84 Å². The van der Waals surface area contributed by atoms with E-state index in [2.05, 4.69) is 10.1 Å². The molecule has 0 saturated carbocycles. The average molecular weight is 292 g/mol. The molecule has 2 aromatic rings. The van der Waals surface area contributed by atoms with Crippen LogP contribution in [0.3, 0.4) is 0 Å². The molecule has 104 valence electrons. The van der Waals surface area contributed by atoms with Gasteiger partial charge in [0.25, 0.3) is 0 Å². The minimum Gasteiger partial charge on any atom is -0.477 e. The van der Waals surface area contributed by atoms with Gasteiger partial charge >= 0.3 is 0 Å². The lowest BCUT2D eigenvalue weighted by Gasteiger charge is -2.10. The van der Waals surface area contributed by atoms with E-state index in [9.17, 15) is 0 Å². The number of benzene rings is 1. The molecule has 0 aliphatic heterocycles. The Hall–Kier alpha value is -2.27. The smallest absolute Gasteiger partial charge is 0.225 e. The molecular weight excluding hydrogens is 278 g/mol. The zero-order chi connectivity index (χ0) is 14.5. The molecule has 1 heterocycles. The number of nitrogens with two attached hydrogens (primary N) is 1. The third-order valence-corrected chi connectivity index (χ3v) is 2.92. The number of hydrogen-bond acceptors (Lipinski definition) is 4. The lowest BCUT2D eigenvalue weighted by molar-refractivity contribution is 0.315. The summed E-state index contributed by atoms with van der Waals surface area (Å²) in [6.45, 7) is 2.27. The molecule has 3 N–H and O–H groups in total. The van der Waals surface area contributed by atoms with Crippen molar-refractivity contribution in [3.8, 4) is 17.1 Å². The predicted molar refractivity (Wildman–Crippen MR) is 78.4 cm³/mol. The SMILES string of the molecule is CCOc1nc(-c2ccc(Cl)cc2)ccc1/C(N)=N/O. The number of ether oxygens (including phenoxy) is 1. The summed E-state index contributed by atoms with van der Waals surface area (Å²) in [5.41, 5.74) is 7.67. The van der Waals surface area contributed by atoms with E-state index in [4.69, 9.17) is 27.3 Å². The van der Waals surface area contributed by atoms with Crippen molar-refractivity contribution in [3.05, 3.63) is 47.0 Å². The first kappa shape index (κ1) is 14.1. The second-order valence-corrected chi connectivity index (χ2v) is 4.41. The van der Waals surface area contributed by atoms with E-state index in [-0.39, 0.29) is 5.84 Å². The standard InChI is InChI=1S/C14H14ClN3O2/c1-2-20-14-11(13(16)18-19)7-8-12(17-14)9-3-5-10(15)6-4-9/h3-8,19H,2H2,1H3,(H2,16,18). The van der Waals surface area contributed by atoms with Crippen molar-refractivity contribution >= 4 is 17.4 Å². The molecule has 0 fully saturated rings. The van der Waals surface area contributed by atoms with Crippen LogP contribution in [-0.2, 0) is 0 Å². The molecule has 0 aliphatic carbocycles. The van der Waals surface area contributed by atoms with Crippen LogP contribution in [0, 0.1) is 0 Å². The van der Waals surface area contributed by atoms with Crippen LogP contribution in [0.1, 0.15) is 12.5 Å². The normalized spacial score (nSPS) is 11.4. The largest absolute Gasteiger partial charge is 0.477 e. The average Bonchev–Trinajstić information content (AvgIpc) is 2.47. The maximum atomic E-state index is 8.76. The van der Waals surface area contributed by atoms with E-state index < -0.39 is 0 Å². The van der Waals surface area contributed by atoms with Crippen molar-refractivity contribution in [1.29, 1.82) is 0 Å². The van der Waals surface area contributed by atoms with Gasteiger partial charge in [-0.3, -0.25) is 0 Å². The molecule has 0 amide bonds. The van der Waals surface area contributed by atoms with Crippen molar-refractivity contribution in [1.82, 2.24) is 4.98 Å². The molecule has 1 aromatic heterocycles. The summed E-state index contributed by atoms with van der Waals surface area (Å²) in [4.78, 5) is 4.39. The Kier molecular flexibility index (Phi) is 4.42. The molecule has 6 heteroatoms. The van der Waals surface area contributed by atoms with Gasteiger partial charge in [-0.2, -0.15) is 0 Å². The van der Waals surface area contributed by atoms with Crippen LogP contribution in [0.5, 0.6) is 5.88 Å². The van der Waals surface area contributed by atoms with Crippen LogP contribution in [0.4, 0.5) is 0 Å². The number of nitrogens with zero attached hydrogens (tertiary/aromatic N) is 2. The summed E-state index contributed by atoms with van der Waals surface area (Å²) in [7, 11) is 0. The predicted octanol–water partition coefficient (Wildman–Crippen LogP) is 2.90. The highest BCUT2D eigenvalue weighted by Gasteiger charge is 2.12. The van der Waals surface area contributed by atoms with Gasteiger partial charge in [-0.05, 0) is 31.2 Å². The first-order valence-corrected chi connectivity index (χ1v) is 6.41. The van der Waals surface area contributed by atoms with E-state index in [1.54, 1.807) is 24.3 Å². The van der Waals surface area contributed by atoms with Gasteiger partial charge < -0.3 is 15.7 Å². The molecule has 0 bridgehead atoms. The summed E-state index contributed by atoms with van der Waals surface area (Å²) < 4.78 is 5.44. The first-order chi connectivity index (χ1) is 9.65. The fourth-order valence-corrected chi connectivity index (χ4v) is 1.84. The summed E-state index contributed by atoms with van der Waals surface area (Å²) in [6.07, 6.45) is 0. The molecule has 0 aliphatic rings. The summed E-state index contributed by atoms with van der Waals surface area (Å²) in [6, 6.07) is 10.8. The fourth-order valence-electron chi connectivity index (χ4n) is 1.72. The minimum absolute atomic E-state index is 0.0383. The topological polar surface area (TPSA) is 80.7 Å². The lowest BCUT2D eigenvalue weighted by atomic mass is 10.1. The Morgan fingerprint density at radius 1 is 1.30 bits per heavy atom. The fraction of sp³-hybridized carbons (Fsp3) is 0.143. The second kappa shape index (κ2) is 6.25. The number of oxime groups is 1. The van der Waals surface area contributed by atoms with E-state index in [0.717, 1.165) is 11.3 Å². The molecule has 2 rings (SSSR count). The third kappa shape index (κ3) is 3.00. The van der Waals surface area contributed by atoms with Gasteiger partial charge in [-0.1, -0.05) is 28.9 Å². The Labute approximate surface area is 121 Å². The summed E-state index contributed by atoms with van der Waals surface area (Å²) >= 11 is 5.86. The van der Waals surface area contributed by atoms with E-state index in [1.807, 2.05) is 19.1 Å². The number of amidine groups is 1. The van der Waals surface area contributed by atoms with Gasteiger partial charge in [0.05, 0.1) is 17.9 Å². The molecule has 0 saturated heterocycles. The van der Waals surface area contributed by atoms with Crippen LogP contribution < -0.4 is 10.5 Å². The maximum Gasteiger partial charge on any atom is 0.225 e. The minimum atomic E-state index is -0.0383. The Morgan fingerprint density at radius 3 is 2.60 bits per heavy atom. The third-order valence-electron chi connectivity index (χ3n) is 2.67. The van der Waals surface area contributed by atoms with Crippen molar-refractivity contribution in [2.75, 3.05) is 6.61 Å². The number of rotatable bonds is 4. The van der Waals surface area contributed by atoms with Gasteiger partial charge in [0, 0.05) is 10.6 Å². The van der Waals surface area contributed by atoms with Crippen LogP contribution in [0.15, 0.2) is 41.6 Å². The summed E-state index contributed by atoms with van der Waals surface area (Å²) in [5, 5.41) is 12.4. The van der Waals surface area contributed by atoms with Gasteiger partial charge in [-0.15, -0.1) is 0 Å². The number of pyridine rings is 1. The van der Waals surface area contributed by atoms with E-state index >= 15 is 0 Å². The van der Waals surface area contributed by atoms with Crippen LogP contribution in [-0.4, -0.2) is 22.6 Å². The van der Waals surface area contributed by atoms with Crippen molar-refractivity contribution in [2.24, 2.45) is 10.9 Å². The molecule has 0 atom stereocenters. The van der Waals surface area contributed by atoms with E-state index in [0.29, 0.717) is 23.1 Å². The molecule has 5 nitrogen and oxygen atoms in total. The molecular formula is C14H14ClN3O2.